The molecule has 1 saturated carbocycles. The second kappa shape index (κ2) is 2.96. The van der Waals surface area contributed by atoms with Gasteiger partial charge >= 0.3 is 0 Å². The highest BCUT2D eigenvalue weighted by Crippen LogP contribution is 2.46. The van der Waals surface area contributed by atoms with E-state index in [1.165, 1.54) is 0 Å². The van der Waals surface area contributed by atoms with Gasteiger partial charge < -0.3 is 15.7 Å². The van der Waals surface area contributed by atoms with Crippen molar-refractivity contribution in [3.05, 3.63) is 0 Å². The van der Waals surface area contributed by atoms with Crippen LogP contribution in [0.15, 0.2) is 0 Å². The fraction of sp³-hybridized carbons (Fsp3) is 0.889. The first kappa shape index (κ1) is 8.97. The van der Waals surface area contributed by atoms with Gasteiger partial charge in [0.25, 0.3) is 0 Å². The second-order valence-electron chi connectivity index (χ2n) is 4.18. The molecule has 1 saturated heterocycles. The molecule has 2 fully saturated rings. The molecule has 1 aliphatic carbocycles. The second-order valence-corrected chi connectivity index (χ2v) is 4.18. The van der Waals surface area contributed by atoms with E-state index in [4.69, 9.17) is 5.73 Å². The van der Waals surface area contributed by atoms with Crippen molar-refractivity contribution in [2.75, 3.05) is 19.6 Å². The number of nitrogens with zero attached hydrogens (tertiary/aromatic N) is 1. The van der Waals surface area contributed by atoms with Gasteiger partial charge in [0.2, 0.25) is 5.91 Å². The van der Waals surface area contributed by atoms with Gasteiger partial charge in [0.1, 0.15) is 0 Å². The number of likely N-dealkylation sites (tertiary alicyclic amines) is 1. The van der Waals surface area contributed by atoms with E-state index in [0.717, 1.165) is 12.8 Å². The third kappa shape index (κ3) is 1.44. The first-order valence-corrected chi connectivity index (χ1v) is 4.85. The molecule has 0 radical (unpaired) electrons. The SMILES string of the molecule is NCC1(C(=O)N2CCC(O)C2)CC1. The van der Waals surface area contributed by atoms with Crippen molar-refractivity contribution in [1.82, 2.24) is 4.90 Å². The van der Waals surface area contributed by atoms with Crippen LogP contribution in [0.1, 0.15) is 19.3 Å². The van der Waals surface area contributed by atoms with Gasteiger partial charge in [0.05, 0.1) is 11.5 Å². The standard InChI is InChI=1S/C9H16N2O2/c10-6-9(2-3-9)8(13)11-4-1-7(12)5-11/h7,12H,1-6,10H2. The third-order valence-electron chi connectivity index (χ3n) is 3.15. The number of carbonyl (C=O) groups excluding carboxylic acids is 1. The van der Waals surface area contributed by atoms with Crippen molar-refractivity contribution < 1.29 is 9.90 Å². The number of hydrogen-bond donors (Lipinski definition) is 2. The van der Waals surface area contributed by atoms with Gasteiger partial charge in [-0.2, -0.15) is 0 Å². The van der Waals surface area contributed by atoms with Crippen molar-refractivity contribution >= 4 is 5.91 Å². The Morgan fingerprint density at radius 2 is 2.31 bits per heavy atom. The van der Waals surface area contributed by atoms with Gasteiger partial charge in [-0.25, -0.2) is 0 Å². The summed E-state index contributed by atoms with van der Waals surface area (Å²) in [6.45, 7) is 1.65. The lowest BCUT2D eigenvalue weighted by molar-refractivity contribution is -0.135. The van der Waals surface area contributed by atoms with Gasteiger partial charge in [0, 0.05) is 19.6 Å². The molecule has 1 atom stereocenters. The maximum absolute atomic E-state index is 11.8. The number of aliphatic hydroxyl groups excluding tert-OH is 1. The Hall–Kier alpha value is -0.610. The summed E-state index contributed by atoms with van der Waals surface area (Å²) < 4.78 is 0. The first-order chi connectivity index (χ1) is 6.18. The number of amides is 1. The molecule has 2 aliphatic rings. The van der Waals surface area contributed by atoms with Crippen LogP contribution in [0, 0.1) is 5.41 Å². The number of carbonyl (C=O) groups is 1. The lowest BCUT2D eigenvalue weighted by atomic mass is 10.1. The van der Waals surface area contributed by atoms with E-state index < -0.39 is 0 Å². The van der Waals surface area contributed by atoms with Crippen LogP contribution < -0.4 is 5.73 Å². The fourth-order valence-electron chi connectivity index (χ4n) is 1.92. The number of nitrogens with two attached hydrogens (primary N) is 1. The summed E-state index contributed by atoms with van der Waals surface area (Å²) >= 11 is 0. The maximum Gasteiger partial charge on any atom is 0.230 e. The van der Waals surface area contributed by atoms with Crippen LogP contribution >= 0.6 is 0 Å². The highest BCUT2D eigenvalue weighted by molar-refractivity contribution is 5.85. The molecule has 0 aromatic carbocycles. The minimum absolute atomic E-state index is 0.159. The molecule has 1 amide bonds. The normalized spacial score (nSPS) is 30.6. The molecular formula is C9H16N2O2. The van der Waals surface area contributed by atoms with Crippen molar-refractivity contribution in [2.24, 2.45) is 11.1 Å². The Labute approximate surface area is 77.7 Å². The Kier molecular flexibility index (Phi) is 2.04. The van der Waals surface area contributed by atoms with E-state index in [0.29, 0.717) is 26.1 Å². The largest absolute Gasteiger partial charge is 0.391 e. The number of β-amino-alcohol motifs (C(OH)–C–C–N with tert-alkyl or cyclic N) is 1. The van der Waals surface area contributed by atoms with Crippen LogP contribution in [-0.4, -0.2) is 41.7 Å². The molecule has 0 spiro atoms. The van der Waals surface area contributed by atoms with Crippen LogP contribution in [0.3, 0.4) is 0 Å². The molecule has 2 rings (SSSR count). The molecule has 4 heteroatoms. The summed E-state index contributed by atoms with van der Waals surface area (Å²) in [6.07, 6.45) is 2.24. The first-order valence-electron chi connectivity index (χ1n) is 4.85. The van der Waals surface area contributed by atoms with Crippen LogP contribution in [0.5, 0.6) is 0 Å². The predicted molar refractivity (Wildman–Crippen MR) is 47.9 cm³/mol. The number of rotatable bonds is 2. The molecule has 13 heavy (non-hydrogen) atoms. The summed E-state index contributed by atoms with van der Waals surface area (Å²) in [5, 5.41) is 9.28. The quantitative estimate of drug-likeness (QED) is 0.597. The Bertz CT molecular complexity index is 226. The number of aliphatic hydroxyl groups is 1. The summed E-state index contributed by atoms with van der Waals surface area (Å²) in [5.74, 6) is 0.159. The number of hydrogen-bond acceptors (Lipinski definition) is 3. The summed E-state index contributed by atoms with van der Waals surface area (Å²) in [5.41, 5.74) is 5.32. The zero-order chi connectivity index (χ0) is 9.47. The van der Waals surface area contributed by atoms with Crippen molar-refractivity contribution in [2.45, 2.75) is 25.4 Å². The van der Waals surface area contributed by atoms with Gasteiger partial charge in [-0.1, -0.05) is 0 Å². The van der Waals surface area contributed by atoms with E-state index in [1.54, 1.807) is 4.90 Å². The molecule has 0 aromatic rings. The Balaban J connectivity index is 1.98. The van der Waals surface area contributed by atoms with Crippen molar-refractivity contribution in [3.63, 3.8) is 0 Å². The van der Waals surface area contributed by atoms with E-state index in [-0.39, 0.29) is 17.4 Å². The Morgan fingerprint density at radius 1 is 1.62 bits per heavy atom. The molecule has 0 bridgehead atoms. The molecule has 0 aromatic heterocycles. The molecule has 74 valence electrons. The minimum Gasteiger partial charge on any atom is -0.391 e. The van der Waals surface area contributed by atoms with E-state index >= 15 is 0 Å². The third-order valence-corrected chi connectivity index (χ3v) is 3.15. The zero-order valence-electron chi connectivity index (χ0n) is 7.70. The van der Waals surface area contributed by atoms with Crippen LogP contribution in [-0.2, 0) is 4.79 Å². The lowest BCUT2D eigenvalue weighted by Gasteiger charge is -2.21. The van der Waals surface area contributed by atoms with Gasteiger partial charge in [-0.05, 0) is 19.3 Å². The molecule has 3 N–H and O–H groups in total. The summed E-state index contributed by atoms with van der Waals surface area (Å²) in [6, 6.07) is 0. The monoisotopic (exact) mass is 184 g/mol. The van der Waals surface area contributed by atoms with Crippen molar-refractivity contribution in [3.8, 4) is 0 Å². The van der Waals surface area contributed by atoms with Gasteiger partial charge in [0.15, 0.2) is 0 Å². The van der Waals surface area contributed by atoms with Gasteiger partial charge in [-0.15, -0.1) is 0 Å². The maximum atomic E-state index is 11.8. The highest BCUT2D eigenvalue weighted by atomic mass is 16.3. The Morgan fingerprint density at radius 3 is 2.69 bits per heavy atom. The van der Waals surface area contributed by atoms with Crippen molar-refractivity contribution in [1.29, 1.82) is 0 Å². The summed E-state index contributed by atoms with van der Waals surface area (Å²) in [7, 11) is 0. The smallest absolute Gasteiger partial charge is 0.230 e. The van der Waals surface area contributed by atoms with E-state index in [2.05, 4.69) is 0 Å². The molecule has 4 nitrogen and oxygen atoms in total. The zero-order valence-corrected chi connectivity index (χ0v) is 7.70. The van der Waals surface area contributed by atoms with E-state index in [9.17, 15) is 9.90 Å². The molecule has 1 unspecified atom stereocenters. The minimum atomic E-state index is -0.322. The topological polar surface area (TPSA) is 66.6 Å². The molecule has 1 aliphatic heterocycles. The summed E-state index contributed by atoms with van der Waals surface area (Å²) in [4.78, 5) is 13.6. The van der Waals surface area contributed by atoms with Gasteiger partial charge in [-0.3, -0.25) is 4.79 Å². The van der Waals surface area contributed by atoms with E-state index in [1.807, 2.05) is 0 Å². The van der Waals surface area contributed by atoms with Crippen LogP contribution in [0.4, 0.5) is 0 Å². The predicted octanol–water partition coefficient (Wildman–Crippen LogP) is -0.681. The van der Waals surface area contributed by atoms with Crippen LogP contribution in [0.25, 0.3) is 0 Å². The van der Waals surface area contributed by atoms with Crippen LogP contribution in [0.2, 0.25) is 0 Å². The fourth-order valence-corrected chi connectivity index (χ4v) is 1.92. The average molecular weight is 184 g/mol. The average Bonchev–Trinajstić information content (AvgIpc) is 2.82. The lowest BCUT2D eigenvalue weighted by Crippen LogP contribution is -2.39. The molecule has 1 heterocycles. The molecular weight excluding hydrogens is 168 g/mol. The highest BCUT2D eigenvalue weighted by Gasteiger charge is 2.51.